The lowest BCUT2D eigenvalue weighted by Crippen LogP contribution is -2.03. The van der Waals surface area contributed by atoms with Crippen LogP contribution >= 0.6 is 22.9 Å². The van der Waals surface area contributed by atoms with E-state index in [4.69, 9.17) is 11.6 Å². The van der Waals surface area contributed by atoms with Crippen molar-refractivity contribution in [2.45, 2.75) is 38.5 Å². The van der Waals surface area contributed by atoms with Crippen LogP contribution in [0.2, 0.25) is 5.15 Å². The smallest absolute Gasteiger partial charge is 0.184 e. The van der Waals surface area contributed by atoms with Gasteiger partial charge in [0.05, 0.1) is 0 Å². The predicted molar refractivity (Wildman–Crippen MR) is 66.8 cm³/mol. The summed E-state index contributed by atoms with van der Waals surface area (Å²) in [6.07, 6.45) is 8.40. The van der Waals surface area contributed by atoms with Gasteiger partial charge in [-0.15, -0.1) is 11.3 Å². The Morgan fingerprint density at radius 2 is 2.27 bits per heavy atom. The van der Waals surface area contributed by atoms with E-state index >= 15 is 0 Å². The molecular formula is C11H17ClN2S. The lowest BCUT2D eigenvalue weighted by atomic mass is 10.0. The number of hydrogen-bond donors (Lipinski definition) is 1. The van der Waals surface area contributed by atoms with Gasteiger partial charge in [-0.3, -0.25) is 0 Å². The Morgan fingerprint density at radius 1 is 1.47 bits per heavy atom. The fourth-order valence-corrected chi connectivity index (χ4v) is 3.09. The highest BCUT2D eigenvalue weighted by molar-refractivity contribution is 7.14. The first-order valence-corrected chi connectivity index (χ1v) is 6.95. The normalized spacial score (nSPS) is 17.1. The van der Waals surface area contributed by atoms with Gasteiger partial charge in [-0.25, -0.2) is 4.98 Å². The van der Waals surface area contributed by atoms with E-state index in [0.29, 0.717) is 5.15 Å². The lowest BCUT2D eigenvalue weighted by Gasteiger charge is -2.08. The Hall–Kier alpha value is -0.280. The fraction of sp³-hybridized carbons (Fsp3) is 0.727. The summed E-state index contributed by atoms with van der Waals surface area (Å²) in [5, 5.41) is 6.72. The van der Waals surface area contributed by atoms with Crippen LogP contribution < -0.4 is 5.32 Å². The lowest BCUT2D eigenvalue weighted by molar-refractivity contribution is 0.491. The number of thiazole rings is 1. The molecule has 1 aliphatic rings. The van der Waals surface area contributed by atoms with Crippen molar-refractivity contribution in [1.29, 1.82) is 0 Å². The molecule has 0 amide bonds. The Bertz CT molecular complexity index is 295. The molecule has 0 atom stereocenters. The molecule has 1 aromatic heterocycles. The fourth-order valence-electron chi connectivity index (χ4n) is 2.22. The van der Waals surface area contributed by atoms with E-state index < -0.39 is 0 Å². The second kappa shape index (κ2) is 5.71. The van der Waals surface area contributed by atoms with Crippen LogP contribution in [0.4, 0.5) is 5.13 Å². The predicted octanol–water partition coefficient (Wildman–Crippen LogP) is 4.18. The summed E-state index contributed by atoms with van der Waals surface area (Å²) in [6, 6.07) is 0. The molecule has 2 nitrogen and oxygen atoms in total. The summed E-state index contributed by atoms with van der Waals surface area (Å²) in [5.74, 6) is 0.992. The van der Waals surface area contributed by atoms with Crippen LogP contribution in [-0.4, -0.2) is 11.5 Å². The average Bonchev–Trinajstić information content (AvgIpc) is 2.84. The largest absolute Gasteiger partial charge is 0.361 e. The quantitative estimate of drug-likeness (QED) is 0.786. The first-order valence-electron chi connectivity index (χ1n) is 5.69. The third kappa shape index (κ3) is 3.65. The second-order valence-electron chi connectivity index (χ2n) is 4.19. The maximum absolute atomic E-state index is 5.74. The van der Waals surface area contributed by atoms with Gasteiger partial charge in [0.25, 0.3) is 0 Å². The molecule has 1 saturated carbocycles. The molecule has 2 rings (SSSR count). The molecule has 1 heterocycles. The van der Waals surface area contributed by atoms with Crippen LogP contribution in [0.25, 0.3) is 0 Å². The van der Waals surface area contributed by atoms with Crippen LogP contribution in [0.15, 0.2) is 5.38 Å². The number of nitrogens with zero attached hydrogens (tertiary/aromatic N) is 1. The first-order chi connectivity index (χ1) is 7.34. The molecule has 1 aromatic rings. The van der Waals surface area contributed by atoms with Crippen LogP contribution in [0.5, 0.6) is 0 Å². The minimum Gasteiger partial charge on any atom is -0.361 e. The highest BCUT2D eigenvalue weighted by Gasteiger charge is 2.13. The van der Waals surface area contributed by atoms with Crippen molar-refractivity contribution in [3.63, 3.8) is 0 Å². The molecule has 0 spiro atoms. The number of aromatic nitrogens is 1. The summed E-state index contributed by atoms with van der Waals surface area (Å²) < 4.78 is 0. The number of rotatable bonds is 5. The average molecular weight is 245 g/mol. The van der Waals surface area contributed by atoms with E-state index in [2.05, 4.69) is 10.3 Å². The van der Waals surface area contributed by atoms with E-state index in [0.717, 1.165) is 17.6 Å². The number of anilines is 1. The van der Waals surface area contributed by atoms with Crippen molar-refractivity contribution >= 4 is 28.1 Å². The Morgan fingerprint density at radius 3 is 2.93 bits per heavy atom. The van der Waals surface area contributed by atoms with Crippen molar-refractivity contribution in [3.05, 3.63) is 10.5 Å². The molecule has 15 heavy (non-hydrogen) atoms. The van der Waals surface area contributed by atoms with Gasteiger partial charge in [-0.1, -0.05) is 37.3 Å². The molecule has 0 bridgehead atoms. The van der Waals surface area contributed by atoms with Gasteiger partial charge in [-0.2, -0.15) is 0 Å². The molecule has 4 heteroatoms. The molecule has 84 valence electrons. The van der Waals surface area contributed by atoms with Gasteiger partial charge < -0.3 is 5.32 Å². The summed E-state index contributed by atoms with van der Waals surface area (Å²) in [4.78, 5) is 4.15. The summed E-state index contributed by atoms with van der Waals surface area (Å²) in [7, 11) is 0. The molecule has 0 unspecified atom stereocenters. The van der Waals surface area contributed by atoms with Crippen molar-refractivity contribution in [3.8, 4) is 0 Å². The molecule has 0 aliphatic heterocycles. The zero-order valence-corrected chi connectivity index (χ0v) is 10.4. The molecule has 0 saturated heterocycles. The highest BCUT2D eigenvalue weighted by atomic mass is 35.5. The van der Waals surface area contributed by atoms with Crippen LogP contribution in [0.3, 0.4) is 0 Å². The zero-order valence-electron chi connectivity index (χ0n) is 8.84. The molecule has 1 fully saturated rings. The van der Waals surface area contributed by atoms with Gasteiger partial charge >= 0.3 is 0 Å². The van der Waals surface area contributed by atoms with E-state index in [-0.39, 0.29) is 0 Å². The van der Waals surface area contributed by atoms with Crippen molar-refractivity contribution in [1.82, 2.24) is 4.98 Å². The maximum Gasteiger partial charge on any atom is 0.184 e. The van der Waals surface area contributed by atoms with Gasteiger partial charge in [-0.05, 0) is 18.8 Å². The molecule has 0 radical (unpaired) electrons. The molecular weight excluding hydrogens is 228 g/mol. The summed E-state index contributed by atoms with van der Waals surface area (Å²) >= 11 is 7.31. The SMILES string of the molecule is Clc1csc(NCCCC2CCCC2)n1. The maximum atomic E-state index is 5.74. The number of halogens is 1. The van der Waals surface area contributed by atoms with Crippen LogP contribution in [0, 0.1) is 5.92 Å². The second-order valence-corrected chi connectivity index (χ2v) is 5.44. The van der Waals surface area contributed by atoms with E-state index in [1.807, 2.05) is 5.38 Å². The van der Waals surface area contributed by atoms with Crippen LogP contribution in [0.1, 0.15) is 38.5 Å². The zero-order chi connectivity index (χ0) is 10.5. The summed E-state index contributed by atoms with van der Waals surface area (Å²) in [5.41, 5.74) is 0. The third-order valence-corrected chi connectivity index (χ3v) is 4.14. The molecule has 1 N–H and O–H groups in total. The van der Waals surface area contributed by atoms with Crippen LogP contribution in [-0.2, 0) is 0 Å². The van der Waals surface area contributed by atoms with Gasteiger partial charge in [0.2, 0.25) is 0 Å². The van der Waals surface area contributed by atoms with Crippen molar-refractivity contribution in [2.24, 2.45) is 5.92 Å². The number of nitrogens with one attached hydrogen (secondary N) is 1. The Kier molecular flexibility index (Phi) is 4.27. The monoisotopic (exact) mass is 244 g/mol. The standard InChI is InChI=1S/C11H17ClN2S/c12-10-8-15-11(14-10)13-7-3-6-9-4-1-2-5-9/h8-9H,1-7H2,(H,13,14). The van der Waals surface area contributed by atoms with E-state index in [9.17, 15) is 0 Å². The first kappa shape index (κ1) is 11.2. The minimum absolute atomic E-state index is 0.596. The van der Waals surface area contributed by atoms with Crippen molar-refractivity contribution in [2.75, 3.05) is 11.9 Å². The Balaban J connectivity index is 1.58. The van der Waals surface area contributed by atoms with Gasteiger partial charge in [0, 0.05) is 11.9 Å². The third-order valence-electron chi connectivity index (χ3n) is 3.02. The van der Waals surface area contributed by atoms with Gasteiger partial charge in [0.15, 0.2) is 5.13 Å². The summed E-state index contributed by atoms with van der Waals surface area (Å²) in [6.45, 7) is 1.03. The number of hydrogen-bond acceptors (Lipinski definition) is 3. The van der Waals surface area contributed by atoms with Gasteiger partial charge in [0.1, 0.15) is 5.15 Å². The minimum atomic E-state index is 0.596. The Labute approximate surface area is 100 Å². The van der Waals surface area contributed by atoms with E-state index in [1.54, 1.807) is 11.3 Å². The topological polar surface area (TPSA) is 24.9 Å². The highest BCUT2D eigenvalue weighted by Crippen LogP contribution is 2.28. The van der Waals surface area contributed by atoms with E-state index in [1.165, 1.54) is 38.5 Å². The van der Waals surface area contributed by atoms with Crippen molar-refractivity contribution < 1.29 is 0 Å². The molecule has 0 aromatic carbocycles. The molecule has 1 aliphatic carbocycles.